The minimum Gasteiger partial charge on any atom is -0.354 e. The van der Waals surface area contributed by atoms with Crippen molar-refractivity contribution < 1.29 is 0 Å². The quantitative estimate of drug-likeness (QED) is 0.825. The highest BCUT2D eigenvalue weighted by atomic mass is 15.1. The molecule has 0 bridgehead atoms. The molecule has 0 saturated heterocycles. The maximum atomic E-state index is 4.47. The van der Waals surface area contributed by atoms with Gasteiger partial charge in [-0.2, -0.15) is 0 Å². The topological polar surface area (TPSA) is 37.8 Å². The highest BCUT2D eigenvalue weighted by Gasteiger charge is 2.12. The van der Waals surface area contributed by atoms with Crippen LogP contribution in [0.1, 0.15) is 39.8 Å². The molecule has 1 aromatic rings. The van der Waals surface area contributed by atoms with Gasteiger partial charge in [-0.1, -0.05) is 27.7 Å². The summed E-state index contributed by atoms with van der Waals surface area (Å²) >= 11 is 0. The second-order valence-electron chi connectivity index (χ2n) is 5.04. The van der Waals surface area contributed by atoms with Crippen molar-refractivity contribution in [1.82, 2.24) is 9.97 Å². The standard InChI is InChI=1S/C12H21N3/c1-5-7-13-11-14-8-6-10(15-11)9-12(2,3)4/h6,8H,5,7,9H2,1-4H3,(H,13,14,15). The van der Waals surface area contributed by atoms with Crippen LogP contribution in [0, 0.1) is 5.41 Å². The molecule has 0 radical (unpaired) electrons. The summed E-state index contributed by atoms with van der Waals surface area (Å²) in [5, 5.41) is 3.20. The molecule has 15 heavy (non-hydrogen) atoms. The first kappa shape index (κ1) is 12.0. The van der Waals surface area contributed by atoms with Crippen LogP contribution in [0.4, 0.5) is 5.95 Å². The molecule has 84 valence electrons. The van der Waals surface area contributed by atoms with Crippen LogP contribution in [0.3, 0.4) is 0 Å². The molecule has 0 unspecified atom stereocenters. The lowest BCUT2D eigenvalue weighted by Crippen LogP contribution is -2.12. The Labute approximate surface area is 92.3 Å². The van der Waals surface area contributed by atoms with Gasteiger partial charge in [0.15, 0.2) is 0 Å². The van der Waals surface area contributed by atoms with E-state index >= 15 is 0 Å². The van der Waals surface area contributed by atoms with Crippen LogP contribution in [0.2, 0.25) is 0 Å². The lowest BCUT2D eigenvalue weighted by atomic mass is 9.90. The number of anilines is 1. The number of aromatic nitrogens is 2. The SMILES string of the molecule is CCCNc1nccc(CC(C)(C)C)n1. The Morgan fingerprint density at radius 3 is 2.67 bits per heavy atom. The van der Waals surface area contributed by atoms with Crippen LogP contribution < -0.4 is 5.32 Å². The summed E-state index contributed by atoms with van der Waals surface area (Å²) in [6.07, 6.45) is 3.90. The van der Waals surface area contributed by atoms with Crippen molar-refractivity contribution in [2.75, 3.05) is 11.9 Å². The van der Waals surface area contributed by atoms with Crippen molar-refractivity contribution in [3.63, 3.8) is 0 Å². The predicted octanol–water partition coefficient (Wildman–Crippen LogP) is 2.89. The molecule has 1 N–H and O–H groups in total. The van der Waals surface area contributed by atoms with Gasteiger partial charge in [0, 0.05) is 18.4 Å². The molecule has 1 aromatic heterocycles. The van der Waals surface area contributed by atoms with Crippen LogP contribution in [0.25, 0.3) is 0 Å². The third-order valence-electron chi connectivity index (χ3n) is 1.96. The first-order chi connectivity index (χ1) is 7.01. The van der Waals surface area contributed by atoms with E-state index in [1.807, 2.05) is 12.3 Å². The average molecular weight is 207 g/mol. The zero-order chi connectivity index (χ0) is 11.3. The number of nitrogens with zero attached hydrogens (tertiary/aromatic N) is 2. The molecular formula is C12H21N3. The monoisotopic (exact) mass is 207 g/mol. The molecule has 3 heteroatoms. The van der Waals surface area contributed by atoms with Crippen LogP contribution in [0.5, 0.6) is 0 Å². The molecule has 0 atom stereocenters. The second kappa shape index (κ2) is 5.10. The predicted molar refractivity (Wildman–Crippen MR) is 64.0 cm³/mol. The van der Waals surface area contributed by atoms with E-state index in [4.69, 9.17) is 0 Å². The first-order valence-corrected chi connectivity index (χ1v) is 5.57. The van der Waals surface area contributed by atoms with E-state index < -0.39 is 0 Å². The van der Waals surface area contributed by atoms with Crippen LogP contribution in [-0.4, -0.2) is 16.5 Å². The molecule has 0 spiro atoms. The zero-order valence-corrected chi connectivity index (χ0v) is 10.2. The third-order valence-corrected chi connectivity index (χ3v) is 1.96. The minimum atomic E-state index is 0.274. The second-order valence-corrected chi connectivity index (χ2v) is 5.04. The van der Waals surface area contributed by atoms with Gasteiger partial charge in [0.2, 0.25) is 5.95 Å². The molecule has 1 heterocycles. The summed E-state index contributed by atoms with van der Waals surface area (Å²) in [5.74, 6) is 0.749. The number of rotatable bonds is 4. The van der Waals surface area contributed by atoms with Gasteiger partial charge in [-0.25, -0.2) is 9.97 Å². The van der Waals surface area contributed by atoms with E-state index in [0.29, 0.717) is 0 Å². The summed E-state index contributed by atoms with van der Waals surface area (Å²) in [7, 11) is 0. The minimum absolute atomic E-state index is 0.274. The lowest BCUT2D eigenvalue weighted by molar-refractivity contribution is 0.406. The third kappa shape index (κ3) is 4.77. The fourth-order valence-electron chi connectivity index (χ4n) is 1.36. The van der Waals surface area contributed by atoms with Crippen molar-refractivity contribution in [1.29, 1.82) is 0 Å². The van der Waals surface area contributed by atoms with E-state index in [-0.39, 0.29) is 5.41 Å². The zero-order valence-electron chi connectivity index (χ0n) is 10.2. The largest absolute Gasteiger partial charge is 0.354 e. The van der Waals surface area contributed by atoms with E-state index in [9.17, 15) is 0 Å². The van der Waals surface area contributed by atoms with Crippen molar-refractivity contribution in [3.8, 4) is 0 Å². The Bertz CT molecular complexity index is 302. The Hall–Kier alpha value is -1.12. The first-order valence-electron chi connectivity index (χ1n) is 5.57. The molecular weight excluding hydrogens is 186 g/mol. The summed E-state index contributed by atoms with van der Waals surface area (Å²) in [5.41, 5.74) is 1.38. The molecule has 0 amide bonds. The Balaban J connectivity index is 2.66. The van der Waals surface area contributed by atoms with Gasteiger partial charge in [0.05, 0.1) is 0 Å². The van der Waals surface area contributed by atoms with Gasteiger partial charge >= 0.3 is 0 Å². The van der Waals surface area contributed by atoms with Crippen molar-refractivity contribution in [2.24, 2.45) is 5.41 Å². The summed E-state index contributed by atoms with van der Waals surface area (Å²) < 4.78 is 0. The van der Waals surface area contributed by atoms with E-state index in [1.54, 1.807) is 0 Å². The Kier molecular flexibility index (Phi) is 4.06. The number of hydrogen-bond acceptors (Lipinski definition) is 3. The molecule has 0 aliphatic rings. The van der Waals surface area contributed by atoms with E-state index in [1.165, 1.54) is 0 Å². The maximum Gasteiger partial charge on any atom is 0.222 e. The normalized spacial score (nSPS) is 11.5. The van der Waals surface area contributed by atoms with Gasteiger partial charge in [0.1, 0.15) is 0 Å². The fraction of sp³-hybridized carbons (Fsp3) is 0.667. The molecule has 0 aliphatic heterocycles. The Morgan fingerprint density at radius 1 is 1.33 bits per heavy atom. The van der Waals surface area contributed by atoms with E-state index in [0.717, 1.165) is 31.0 Å². The van der Waals surface area contributed by atoms with Crippen LogP contribution in [-0.2, 0) is 6.42 Å². The average Bonchev–Trinajstić information content (AvgIpc) is 2.12. The number of hydrogen-bond donors (Lipinski definition) is 1. The van der Waals surface area contributed by atoms with E-state index in [2.05, 4.69) is 43.0 Å². The van der Waals surface area contributed by atoms with Gasteiger partial charge in [0.25, 0.3) is 0 Å². The Morgan fingerprint density at radius 2 is 2.07 bits per heavy atom. The van der Waals surface area contributed by atoms with Gasteiger partial charge in [-0.3, -0.25) is 0 Å². The van der Waals surface area contributed by atoms with Crippen molar-refractivity contribution in [2.45, 2.75) is 40.5 Å². The molecule has 0 saturated carbocycles. The fourth-order valence-corrected chi connectivity index (χ4v) is 1.36. The highest BCUT2D eigenvalue weighted by Crippen LogP contribution is 2.19. The molecule has 0 aliphatic carbocycles. The lowest BCUT2D eigenvalue weighted by Gasteiger charge is -2.17. The molecule has 0 fully saturated rings. The summed E-state index contributed by atoms with van der Waals surface area (Å²) in [6, 6.07) is 1.99. The molecule has 0 aromatic carbocycles. The van der Waals surface area contributed by atoms with Crippen LogP contribution >= 0.6 is 0 Å². The maximum absolute atomic E-state index is 4.47. The summed E-state index contributed by atoms with van der Waals surface area (Å²) in [4.78, 5) is 8.66. The summed E-state index contributed by atoms with van der Waals surface area (Å²) in [6.45, 7) is 9.71. The van der Waals surface area contributed by atoms with Crippen molar-refractivity contribution >= 4 is 5.95 Å². The van der Waals surface area contributed by atoms with Gasteiger partial charge < -0.3 is 5.32 Å². The molecule has 3 nitrogen and oxygen atoms in total. The van der Waals surface area contributed by atoms with Crippen molar-refractivity contribution in [3.05, 3.63) is 18.0 Å². The van der Waals surface area contributed by atoms with Gasteiger partial charge in [-0.05, 0) is 24.3 Å². The number of nitrogens with one attached hydrogen (secondary N) is 1. The molecule has 1 rings (SSSR count). The highest BCUT2D eigenvalue weighted by molar-refractivity contribution is 5.25. The smallest absolute Gasteiger partial charge is 0.222 e. The van der Waals surface area contributed by atoms with Crippen LogP contribution in [0.15, 0.2) is 12.3 Å². The van der Waals surface area contributed by atoms with Gasteiger partial charge in [-0.15, -0.1) is 0 Å².